The Balaban J connectivity index is 2.20. The van der Waals surface area contributed by atoms with Crippen molar-refractivity contribution in [2.45, 2.75) is 0 Å². The van der Waals surface area contributed by atoms with Gasteiger partial charge in [0.05, 0.1) is 12.5 Å². The van der Waals surface area contributed by atoms with Crippen molar-refractivity contribution < 1.29 is 10.2 Å². The minimum absolute atomic E-state index is 0.188. The van der Waals surface area contributed by atoms with E-state index in [0.29, 0.717) is 5.52 Å². The molecule has 0 amide bonds. The van der Waals surface area contributed by atoms with Crippen molar-refractivity contribution in [1.29, 1.82) is 0 Å². The van der Waals surface area contributed by atoms with E-state index in [1.165, 1.54) is 0 Å². The van der Waals surface area contributed by atoms with Gasteiger partial charge in [0.25, 0.3) is 0 Å². The van der Waals surface area contributed by atoms with E-state index in [1.54, 1.807) is 47.3 Å². The number of pyridine rings is 1. The van der Waals surface area contributed by atoms with Gasteiger partial charge in [-0.2, -0.15) is 0 Å². The van der Waals surface area contributed by atoms with Crippen molar-refractivity contribution in [1.82, 2.24) is 9.38 Å². The molecule has 0 atom stereocenters. The van der Waals surface area contributed by atoms with Gasteiger partial charge in [-0.3, -0.25) is 0 Å². The van der Waals surface area contributed by atoms with Crippen molar-refractivity contribution in [3.8, 4) is 22.6 Å². The van der Waals surface area contributed by atoms with Crippen LogP contribution in [0.3, 0.4) is 0 Å². The summed E-state index contributed by atoms with van der Waals surface area (Å²) < 4.78 is 1.76. The zero-order valence-electron chi connectivity index (χ0n) is 8.91. The molecule has 4 nitrogen and oxygen atoms in total. The molecule has 3 rings (SSSR count). The van der Waals surface area contributed by atoms with Crippen LogP contribution in [0.1, 0.15) is 0 Å². The van der Waals surface area contributed by atoms with E-state index in [2.05, 4.69) is 4.98 Å². The normalized spacial score (nSPS) is 10.8. The quantitative estimate of drug-likeness (QED) is 0.670. The van der Waals surface area contributed by atoms with Crippen LogP contribution < -0.4 is 0 Å². The van der Waals surface area contributed by atoms with Crippen LogP contribution in [0.5, 0.6) is 11.5 Å². The van der Waals surface area contributed by atoms with E-state index in [9.17, 15) is 10.2 Å². The average molecular weight is 226 g/mol. The maximum Gasteiger partial charge on any atom is 0.141 e. The molecule has 2 aromatic heterocycles. The number of imidazole rings is 1. The first kappa shape index (κ1) is 9.72. The number of aromatic hydroxyl groups is 2. The summed E-state index contributed by atoms with van der Waals surface area (Å²) in [5.74, 6) is 0.412. The number of fused-ring (bicyclic) bond motifs is 1. The first-order valence-electron chi connectivity index (χ1n) is 5.18. The number of phenolic OH excluding ortho intramolecular Hbond substituents is 1. The standard InChI is InChI=1S/C13H10N2O2/c16-11-3-1-9(2-4-11)10-5-13(17)12-6-14-8-15(12)7-10/h1-8,16-17H. The molecular formula is C13H10N2O2. The molecule has 0 unspecified atom stereocenters. The fourth-order valence-corrected chi connectivity index (χ4v) is 1.83. The van der Waals surface area contributed by atoms with Gasteiger partial charge in [0, 0.05) is 11.8 Å². The van der Waals surface area contributed by atoms with E-state index in [-0.39, 0.29) is 11.5 Å². The summed E-state index contributed by atoms with van der Waals surface area (Å²) >= 11 is 0. The molecule has 2 heterocycles. The number of benzene rings is 1. The van der Waals surface area contributed by atoms with Gasteiger partial charge < -0.3 is 14.6 Å². The third kappa shape index (κ3) is 1.59. The van der Waals surface area contributed by atoms with Gasteiger partial charge in [-0.05, 0) is 23.8 Å². The maximum atomic E-state index is 9.85. The van der Waals surface area contributed by atoms with Gasteiger partial charge >= 0.3 is 0 Å². The maximum absolute atomic E-state index is 9.85. The third-order valence-corrected chi connectivity index (χ3v) is 2.70. The van der Waals surface area contributed by atoms with Crippen LogP contribution in [0.2, 0.25) is 0 Å². The van der Waals surface area contributed by atoms with Crippen LogP contribution in [0.4, 0.5) is 0 Å². The van der Waals surface area contributed by atoms with Gasteiger partial charge in [-0.1, -0.05) is 12.1 Å². The first-order chi connectivity index (χ1) is 8.24. The molecule has 17 heavy (non-hydrogen) atoms. The lowest BCUT2D eigenvalue weighted by Crippen LogP contribution is -1.85. The number of hydrogen-bond donors (Lipinski definition) is 2. The van der Waals surface area contributed by atoms with Gasteiger partial charge in [0.15, 0.2) is 0 Å². The molecular weight excluding hydrogens is 216 g/mol. The molecule has 4 heteroatoms. The highest BCUT2D eigenvalue weighted by molar-refractivity contribution is 5.70. The molecule has 0 bridgehead atoms. The number of hydrogen-bond acceptors (Lipinski definition) is 3. The Kier molecular flexibility index (Phi) is 2.01. The zero-order valence-corrected chi connectivity index (χ0v) is 8.91. The second kappa shape index (κ2) is 3.52. The molecule has 84 valence electrons. The predicted octanol–water partition coefficient (Wildman–Crippen LogP) is 2.41. The van der Waals surface area contributed by atoms with Gasteiger partial charge in [-0.25, -0.2) is 4.98 Å². The van der Waals surface area contributed by atoms with E-state index in [1.807, 2.05) is 6.20 Å². The lowest BCUT2D eigenvalue weighted by atomic mass is 10.1. The zero-order chi connectivity index (χ0) is 11.8. The molecule has 3 aromatic rings. The Morgan fingerprint density at radius 2 is 1.76 bits per heavy atom. The van der Waals surface area contributed by atoms with Crippen LogP contribution in [0.15, 0.2) is 49.1 Å². The number of aromatic nitrogens is 2. The van der Waals surface area contributed by atoms with Crippen LogP contribution >= 0.6 is 0 Å². The largest absolute Gasteiger partial charge is 0.508 e. The fourth-order valence-electron chi connectivity index (χ4n) is 1.83. The monoisotopic (exact) mass is 226 g/mol. The number of phenols is 1. The predicted molar refractivity (Wildman–Crippen MR) is 64.0 cm³/mol. The molecule has 1 aromatic carbocycles. The fraction of sp³-hybridized carbons (Fsp3) is 0. The Bertz CT molecular complexity index is 671. The minimum atomic E-state index is 0.188. The number of nitrogens with zero attached hydrogens (tertiary/aromatic N) is 2. The van der Waals surface area contributed by atoms with E-state index in [4.69, 9.17) is 0 Å². The van der Waals surface area contributed by atoms with Gasteiger partial charge in [-0.15, -0.1) is 0 Å². The summed E-state index contributed by atoms with van der Waals surface area (Å²) in [7, 11) is 0. The highest BCUT2D eigenvalue weighted by Crippen LogP contribution is 2.27. The molecule has 2 N–H and O–H groups in total. The smallest absolute Gasteiger partial charge is 0.141 e. The van der Waals surface area contributed by atoms with Crippen LogP contribution in [0, 0.1) is 0 Å². The first-order valence-corrected chi connectivity index (χ1v) is 5.18. The van der Waals surface area contributed by atoms with Crippen LogP contribution in [-0.4, -0.2) is 19.6 Å². The molecule has 0 saturated heterocycles. The second-order valence-corrected chi connectivity index (χ2v) is 3.85. The van der Waals surface area contributed by atoms with E-state index < -0.39 is 0 Å². The Hall–Kier alpha value is -2.49. The van der Waals surface area contributed by atoms with Gasteiger partial charge in [0.1, 0.15) is 17.0 Å². The topological polar surface area (TPSA) is 57.8 Å². The summed E-state index contributed by atoms with van der Waals surface area (Å²) in [6.45, 7) is 0. The van der Waals surface area contributed by atoms with Crippen molar-refractivity contribution >= 4 is 5.52 Å². The molecule has 0 fully saturated rings. The number of rotatable bonds is 1. The van der Waals surface area contributed by atoms with Crippen molar-refractivity contribution in [2.75, 3.05) is 0 Å². The minimum Gasteiger partial charge on any atom is -0.508 e. The van der Waals surface area contributed by atoms with Crippen LogP contribution in [0.25, 0.3) is 16.6 Å². The lowest BCUT2D eigenvalue weighted by molar-refractivity contribution is 0.475. The Labute approximate surface area is 97.4 Å². The lowest BCUT2D eigenvalue weighted by Gasteiger charge is -2.05. The summed E-state index contributed by atoms with van der Waals surface area (Å²) in [6.07, 6.45) is 5.13. The van der Waals surface area contributed by atoms with Gasteiger partial charge in [0.2, 0.25) is 0 Å². The van der Waals surface area contributed by atoms with Crippen molar-refractivity contribution in [2.24, 2.45) is 0 Å². The molecule has 0 aliphatic rings. The summed E-state index contributed by atoms with van der Waals surface area (Å²) in [4.78, 5) is 3.97. The molecule has 0 spiro atoms. The van der Waals surface area contributed by atoms with Crippen molar-refractivity contribution in [3.05, 3.63) is 49.1 Å². The molecule has 0 saturated carbocycles. The second-order valence-electron chi connectivity index (χ2n) is 3.85. The third-order valence-electron chi connectivity index (χ3n) is 2.70. The van der Waals surface area contributed by atoms with Crippen LogP contribution in [-0.2, 0) is 0 Å². The van der Waals surface area contributed by atoms with E-state index in [0.717, 1.165) is 11.1 Å². The highest BCUT2D eigenvalue weighted by atomic mass is 16.3. The average Bonchev–Trinajstić information content (AvgIpc) is 2.78. The Morgan fingerprint density at radius 1 is 1.00 bits per heavy atom. The molecule has 0 radical (unpaired) electrons. The summed E-state index contributed by atoms with van der Waals surface area (Å²) in [6, 6.07) is 8.51. The molecule has 0 aliphatic heterocycles. The SMILES string of the molecule is Oc1ccc(-c2cc(O)c3cncn3c2)cc1. The van der Waals surface area contributed by atoms with Crippen molar-refractivity contribution in [3.63, 3.8) is 0 Å². The summed E-state index contributed by atoms with van der Waals surface area (Å²) in [5, 5.41) is 19.1. The molecule has 0 aliphatic carbocycles. The Morgan fingerprint density at radius 3 is 2.53 bits per heavy atom. The summed E-state index contributed by atoms with van der Waals surface area (Å²) in [5.41, 5.74) is 2.47. The van der Waals surface area contributed by atoms with E-state index >= 15 is 0 Å². The highest BCUT2D eigenvalue weighted by Gasteiger charge is 2.05.